The van der Waals surface area contributed by atoms with Gasteiger partial charge in [-0.2, -0.15) is 12.7 Å². The fourth-order valence-electron chi connectivity index (χ4n) is 1.34. The molecule has 0 aliphatic heterocycles. The molecule has 1 rings (SSSR count). The molecule has 0 aliphatic carbocycles. The smallest absolute Gasteiger partial charge is 0.335 e. The number of hydrogen-bond acceptors (Lipinski definition) is 4. The molecule has 8 heteroatoms. The minimum atomic E-state index is -4.29. The van der Waals surface area contributed by atoms with Gasteiger partial charge in [0.05, 0.1) is 0 Å². The minimum absolute atomic E-state index is 0.0963. The van der Waals surface area contributed by atoms with E-state index in [1.807, 2.05) is 6.92 Å². The van der Waals surface area contributed by atoms with E-state index in [2.05, 4.69) is 0 Å². The molecule has 1 unspecified atom stereocenters. The Labute approximate surface area is 117 Å². The summed E-state index contributed by atoms with van der Waals surface area (Å²) < 4.78 is 36.1. The van der Waals surface area contributed by atoms with E-state index in [0.717, 1.165) is 12.6 Å². The summed E-state index contributed by atoms with van der Waals surface area (Å²) >= 11 is 5.86. The summed E-state index contributed by atoms with van der Waals surface area (Å²) in [5, 5.41) is 10.2. The number of ether oxygens (including phenoxy) is 1. The average molecular weight is 310 g/mol. The quantitative estimate of drug-likeness (QED) is 0.769. The lowest BCUT2D eigenvalue weighted by Gasteiger charge is -2.18. The largest absolute Gasteiger partial charge is 0.491 e. The van der Waals surface area contributed by atoms with Crippen LogP contribution in [0.2, 0.25) is 5.02 Å². The molecule has 108 valence electrons. The van der Waals surface area contributed by atoms with Crippen molar-refractivity contribution in [3.05, 3.63) is 28.8 Å². The van der Waals surface area contributed by atoms with Crippen LogP contribution in [0.25, 0.3) is 0 Å². The molecule has 0 heterocycles. The normalized spacial score (nSPS) is 13.6. The summed E-state index contributed by atoms with van der Waals surface area (Å²) in [6, 6.07) is 5.03. The molecule has 1 aromatic carbocycles. The predicted molar refractivity (Wildman–Crippen MR) is 71.9 cm³/mol. The highest BCUT2D eigenvalue weighted by atomic mass is 35.5. The zero-order valence-electron chi connectivity index (χ0n) is 10.6. The summed E-state index contributed by atoms with van der Waals surface area (Å²) in [5.74, 6) is 0.524. The maximum absolute atomic E-state index is 10.7. The second-order valence-corrected chi connectivity index (χ2v) is 6.06. The third kappa shape index (κ3) is 5.33. The highest BCUT2D eigenvalue weighted by Gasteiger charge is 2.18. The Balaban J connectivity index is 2.50. The van der Waals surface area contributed by atoms with Gasteiger partial charge in [0.25, 0.3) is 0 Å². The van der Waals surface area contributed by atoms with E-state index in [4.69, 9.17) is 20.9 Å². The van der Waals surface area contributed by atoms with Crippen molar-refractivity contribution in [3.8, 4) is 5.75 Å². The van der Waals surface area contributed by atoms with Gasteiger partial charge in [0.2, 0.25) is 0 Å². The molecule has 0 fully saturated rings. The summed E-state index contributed by atoms with van der Waals surface area (Å²) in [6.45, 7) is 1.46. The second-order valence-electron chi connectivity index (χ2n) is 4.13. The van der Waals surface area contributed by atoms with Crippen LogP contribution in [-0.2, 0) is 10.3 Å². The van der Waals surface area contributed by atoms with Crippen molar-refractivity contribution in [2.24, 2.45) is 0 Å². The van der Waals surface area contributed by atoms with E-state index in [9.17, 15) is 13.5 Å². The summed E-state index contributed by atoms with van der Waals surface area (Å²) in [4.78, 5) is 0. The number of benzene rings is 1. The molecule has 1 aromatic rings. The predicted octanol–water partition coefficient (Wildman–Crippen LogP) is 1.12. The molecule has 0 bridgehead atoms. The summed E-state index contributed by atoms with van der Waals surface area (Å²) in [5.41, 5.74) is 0.837. The van der Waals surface area contributed by atoms with Gasteiger partial charge in [-0.3, -0.25) is 4.55 Å². The number of hydrogen-bond donors (Lipinski definition) is 2. The van der Waals surface area contributed by atoms with Gasteiger partial charge in [0.15, 0.2) is 0 Å². The van der Waals surface area contributed by atoms with Crippen molar-refractivity contribution in [2.75, 3.05) is 20.2 Å². The molecule has 0 saturated carbocycles. The highest BCUT2D eigenvalue weighted by molar-refractivity contribution is 7.83. The molecule has 0 aliphatic rings. The molecule has 0 radical (unpaired) electrons. The Bertz CT molecular complexity index is 534. The fourth-order valence-corrected chi connectivity index (χ4v) is 1.82. The van der Waals surface area contributed by atoms with Crippen LogP contribution in [0, 0.1) is 6.92 Å². The summed E-state index contributed by atoms with van der Waals surface area (Å²) in [6.07, 6.45) is -1.05. The van der Waals surface area contributed by atoms with Crippen molar-refractivity contribution in [1.29, 1.82) is 0 Å². The van der Waals surface area contributed by atoms with Crippen LogP contribution in [0.15, 0.2) is 18.2 Å². The van der Waals surface area contributed by atoms with Gasteiger partial charge in [-0.25, -0.2) is 0 Å². The van der Waals surface area contributed by atoms with E-state index in [-0.39, 0.29) is 13.2 Å². The number of halogens is 1. The maximum Gasteiger partial charge on any atom is 0.335 e. The molecular weight excluding hydrogens is 294 g/mol. The van der Waals surface area contributed by atoms with E-state index < -0.39 is 16.4 Å². The van der Waals surface area contributed by atoms with Gasteiger partial charge in [-0.1, -0.05) is 11.6 Å². The lowest BCUT2D eigenvalue weighted by atomic mass is 10.2. The number of nitrogens with zero attached hydrogens (tertiary/aromatic N) is 1. The first-order chi connectivity index (χ1) is 8.70. The molecule has 1 atom stereocenters. The van der Waals surface area contributed by atoms with Crippen LogP contribution in [0.1, 0.15) is 5.56 Å². The van der Waals surface area contributed by atoms with Gasteiger partial charge in [-0.05, 0) is 30.7 Å². The minimum Gasteiger partial charge on any atom is -0.491 e. The number of aliphatic hydroxyl groups excluding tert-OH is 1. The van der Waals surface area contributed by atoms with E-state index >= 15 is 0 Å². The number of aryl methyl sites for hydroxylation is 1. The van der Waals surface area contributed by atoms with Gasteiger partial charge < -0.3 is 9.84 Å². The Hall–Kier alpha value is -0.860. The Kier molecular flexibility index (Phi) is 5.57. The lowest BCUT2D eigenvalue weighted by Crippen LogP contribution is -2.36. The van der Waals surface area contributed by atoms with Gasteiger partial charge in [0, 0.05) is 18.6 Å². The molecular formula is C11H16ClNO5S. The highest BCUT2D eigenvalue weighted by Crippen LogP contribution is 2.21. The van der Waals surface area contributed by atoms with E-state index in [1.165, 1.54) is 0 Å². The molecule has 19 heavy (non-hydrogen) atoms. The zero-order valence-corrected chi connectivity index (χ0v) is 12.1. The van der Waals surface area contributed by atoms with Crippen molar-refractivity contribution in [3.63, 3.8) is 0 Å². The van der Waals surface area contributed by atoms with Crippen molar-refractivity contribution >= 4 is 21.9 Å². The first-order valence-electron chi connectivity index (χ1n) is 5.46. The Morgan fingerprint density at radius 2 is 2.11 bits per heavy atom. The van der Waals surface area contributed by atoms with Gasteiger partial charge in [0.1, 0.15) is 18.5 Å². The fraction of sp³-hybridized carbons (Fsp3) is 0.455. The van der Waals surface area contributed by atoms with E-state index in [0.29, 0.717) is 15.1 Å². The van der Waals surface area contributed by atoms with Crippen LogP contribution < -0.4 is 4.74 Å². The summed E-state index contributed by atoms with van der Waals surface area (Å²) in [7, 11) is -3.14. The molecule has 0 aromatic heterocycles. The third-order valence-electron chi connectivity index (χ3n) is 2.43. The Morgan fingerprint density at radius 1 is 1.47 bits per heavy atom. The van der Waals surface area contributed by atoms with Crippen LogP contribution in [0.4, 0.5) is 0 Å². The monoisotopic (exact) mass is 309 g/mol. The van der Waals surface area contributed by atoms with Crippen LogP contribution >= 0.6 is 11.6 Å². The van der Waals surface area contributed by atoms with Crippen molar-refractivity contribution < 1.29 is 22.8 Å². The van der Waals surface area contributed by atoms with Crippen molar-refractivity contribution in [1.82, 2.24) is 4.31 Å². The topological polar surface area (TPSA) is 87.1 Å². The first kappa shape index (κ1) is 16.2. The molecule has 0 saturated heterocycles. The van der Waals surface area contributed by atoms with Crippen LogP contribution in [0.3, 0.4) is 0 Å². The van der Waals surface area contributed by atoms with Crippen LogP contribution in [-0.4, -0.2) is 48.7 Å². The first-order valence-corrected chi connectivity index (χ1v) is 7.23. The zero-order chi connectivity index (χ0) is 14.6. The molecule has 6 nitrogen and oxygen atoms in total. The lowest BCUT2D eigenvalue weighted by molar-refractivity contribution is 0.0918. The van der Waals surface area contributed by atoms with Gasteiger partial charge in [-0.15, -0.1) is 0 Å². The Morgan fingerprint density at radius 3 is 2.63 bits per heavy atom. The van der Waals surface area contributed by atoms with Crippen molar-refractivity contribution in [2.45, 2.75) is 13.0 Å². The number of rotatable bonds is 6. The van der Waals surface area contributed by atoms with Gasteiger partial charge >= 0.3 is 10.3 Å². The maximum atomic E-state index is 10.7. The molecule has 0 amide bonds. The third-order valence-corrected chi connectivity index (χ3v) is 3.79. The van der Waals surface area contributed by atoms with Crippen LogP contribution in [0.5, 0.6) is 5.75 Å². The standard InChI is InChI=1S/C11H16ClNO5S/c1-8-5-10(3-4-11(8)12)18-7-9(14)6-13(2)19(15,16)17/h3-5,9,14H,6-7H2,1-2H3,(H,15,16,17). The average Bonchev–Trinajstić information content (AvgIpc) is 2.29. The molecule has 2 N–H and O–H groups in total. The number of likely N-dealkylation sites (N-methyl/N-ethyl adjacent to an activating group) is 1. The SMILES string of the molecule is Cc1cc(OCC(O)CN(C)S(=O)(=O)O)ccc1Cl. The molecule has 0 spiro atoms. The second kappa shape index (κ2) is 6.53. The number of aliphatic hydroxyl groups is 1. The van der Waals surface area contributed by atoms with E-state index in [1.54, 1.807) is 18.2 Å².